The van der Waals surface area contributed by atoms with E-state index in [4.69, 9.17) is 0 Å². The lowest BCUT2D eigenvalue weighted by Gasteiger charge is -2.27. The molecule has 0 heterocycles. The van der Waals surface area contributed by atoms with Crippen LogP contribution in [0.2, 0.25) is 0 Å². The van der Waals surface area contributed by atoms with Crippen molar-refractivity contribution in [2.45, 2.75) is 43.4 Å². The molecule has 6 heteroatoms. The van der Waals surface area contributed by atoms with Gasteiger partial charge >= 0.3 is 0 Å². The fourth-order valence-corrected chi connectivity index (χ4v) is 4.83. The van der Waals surface area contributed by atoms with E-state index in [0.29, 0.717) is 5.92 Å². The van der Waals surface area contributed by atoms with Gasteiger partial charge in [0, 0.05) is 26.6 Å². The molecule has 2 aromatic carbocycles. The lowest BCUT2D eigenvalue weighted by Crippen LogP contribution is -2.35. The molecule has 0 saturated heterocycles. The Morgan fingerprint density at radius 3 is 2.52 bits per heavy atom. The summed E-state index contributed by atoms with van der Waals surface area (Å²) >= 11 is 0. The molecule has 0 bridgehead atoms. The van der Waals surface area contributed by atoms with Crippen LogP contribution in [0.5, 0.6) is 0 Å². The second-order valence-corrected chi connectivity index (χ2v) is 9.20. The Hall–Kier alpha value is -1.92. The zero-order valence-corrected chi connectivity index (χ0v) is 16.7. The highest BCUT2D eigenvalue weighted by Gasteiger charge is 2.19. The van der Waals surface area contributed by atoms with E-state index in [2.05, 4.69) is 4.72 Å². The molecule has 1 aliphatic carbocycles. The van der Waals surface area contributed by atoms with Crippen LogP contribution < -0.4 is 4.72 Å². The molecular weight excluding hydrogens is 360 g/mol. The summed E-state index contributed by atoms with van der Waals surface area (Å²) in [6.45, 7) is 0.888. The average Bonchev–Trinajstić information content (AvgIpc) is 2.68. The Labute approximate surface area is 161 Å². The molecule has 0 aliphatic heterocycles. The largest absolute Gasteiger partial charge is 0.345 e. The van der Waals surface area contributed by atoms with E-state index in [1.54, 1.807) is 23.1 Å². The van der Waals surface area contributed by atoms with Crippen LogP contribution in [0, 0.1) is 5.92 Å². The Bertz CT molecular complexity index is 889. The molecule has 1 N–H and O–H groups in total. The van der Waals surface area contributed by atoms with E-state index < -0.39 is 10.0 Å². The highest BCUT2D eigenvalue weighted by Crippen LogP contribution is 2.24. The molecule has 3 rings (SSSR count). The summed E-state index contributed by atoms with van der Waals surface area (Å²) in [7, 11) is -1.81. The molecule has 0 aromatic heterocycles. The monoisotopic (exact) mass is 388 g/mol. The van der Waals surface area contributed by atoms with Crippen LogP contribution in [-0.4, -0.2) is 39.4 Å². The SMILES string of the molecule is CN(CC1CCCCC1)C(=O)CCNS(=O)(=O)c1ccc2ccccc2c1. The number of nitrogens with one attached hydrogen (secondary N) is 1. The fourth-order valence-electron chi connectivity index (χ4n) is 3.76. The molecule has 5 nitrogen and oxygen atoms in total. The molecule has 1 aliphatic rings. The normalized spacial score (nSPS) is 15.7. The van der Waals surface area contributed by atoms with E-state index >= 15 is 0 Å². The van der Waals surface area contributed by atoms with E-state index in [9.17, 15) is 13.2 Å². The van der Waals surface area contributed by atoms with E-state index in [-0.39, 0.29) is 23.8 Å². The summed E-state index contributed by atoms with van der Waals surface area (Å²) in [6.07, 6.45) is 6.34. The van der Waals surface area contributed by atoms with Gasteiger partial charge in [-0.3, -0.25) is 4.79 Å². The average molecular weight is 389 g/mol. The van der Waals surface area contributed by atoms with Gasteiger partial charge in [-0.15, -0.1) is 0 Å². The number of fused-ring (bicyclic) bond motifs is 1. The van der Waals surface area contributed by atoms with Crippen LogP contribution in [0.1, 0.15) is 38.5 Å². The molecule has 0 spiro atoms. The van der Waals surface area contributed by atoms with Gasteiger partial charge in [-0.1, -0.05) is 49.6 Å². The van der Waals surface area contributed by atoms with Crippen LogP contribution in [0.25, 0.3) is 10.8 Å². The minimum Gasteiger partial charge on any atom is -0.345 e. The number of benzene rings is 2. The fraction of sp³-hybridized carbons (Fsp3) is 0.476. The van der Waals surface area contributed by atoms with Crippen LogP contribution in [-0.2, 0) is 14.8 Å². The Kier molecular flexibility index (Phi) is 6.50. The van der Waals surface area contributed by atoms with Crippen molar-refractivity contribution in [3.63, 3.8) is 0 Å². The van der Waals surface area contributed by atoms with Gasteiger partial charge in [0.2, 0.25) is 15.9 Å². The zero-order chi connectivity index (χ0) is 19.3. The van der Waals surface area contributed by atoms with Gasteiger partial charge in [-0.2, -0.15) is 0 Å². The predicted molar refractivity (Wildman–Crippen MR) is 108 cm³/mol. The van der Waals surface area contributed by atoms with Crippen molar-refractivity contribution in [1.29, 1.82) is 0 Å². The summed E-state index contributed by atoms with van der Waals surface area (Å²) in [5.74, 6) is 0.573. The Balaban J connectivity index is 1.52. The number of carbonyl (C=O) groups excluding carboxylic acids is 1. The number of amides is 1. The quantitative estimate of drug-likeness (QED) is 0.789. The van der Waals surface area contributed by atoms with Gasteiger partial charge in [-0.25, -0.2) is 13.1 Å². The number of hydrogen-bond donors (Lipinski definition) is 1. The molecule has 27 heavy (non-hydrogen) atoms. The number of carbonyl (C=O) groups is 1. The van der Waals surface area contributed by atoms with Crippen molar-refractivity contribution < 1.29 is 13.2 Å². The van der Waals surface area contributed by atoms with Crippen molar-refractivity contribution in [3.05, 3.63) is 42.5 Å². The first-order chi connectivity index (χ1) is 13.0. The molecule has 146 valence electrons. The summed E-state index contributed by atoms with van der Waals surface area (Å²) in [5, 5.41) is 1.87. The topological polar surface area (TPSA) is 66.5 Å². The molecule has 1 saturated carbocycles. The Morgan fingerprint density at radius 2 is 1.78 bits per heavy atom. The first kappa shape index (κ1) is 19.8. The maximum Gasteiger partial charge on any atom is 0.240 e. The maximum absolute atomic E-state index is 12.5. The molecule has 0 radical (unpaired) electrons. The van der Waals surface area contributed by atoms with Crippen molar-refractivity contribution in [2.24, 2.45) is 5.92 Å². The minimum absolute atomic E-state index is 0.0122. The van der Waals surface area contributed by atoms with Crippen LogP contribution in [0.3, 0.4) is 0 Å². The van der Waals surface area contributed by atoms with E-state index in [1.807, 2.05) is 31.3 Å². The number of sulfonamides is 1. The van der Waals surface area contributed by atoms with Gasteiger partial charge < -0.3 is 4.90 Å². The van der Waals surface area contributed by atoms with Gasteiger partial charge in [0.15, 0.2) is 0 Å². The first-order valence-electron chi connectivity index (χ1n) is 9.68. The Morgan fingerprint density at radius 1 is 1.07 bits per heavy atom. The van der Waals surface area contributed by atoms with Crippen molar-refractivity contribution in [2.75, 3.05) is 20.1 Å². The first-order valence-corrected chi connectivity index (χ1v) is 11.2. The van der Waals surface area contributed by atoms with Gasteiger partial charge in [0.25, 0.3) is 0 Å². The summed E-state index contributed by atoms with van der Waals surface area (Å²) in [6, 6.07) is 12.7. The molecule has 2 aromatic rings. The van der Waals surface area contributed by atoms with Gasteiger partial charge in [0.05, 0.1) is 4.90 Å². The second-order valence-electron chi connectivity index (χ2n) is 7.44. The molecule has 1 amide bonds. The predicted octanol–water partition coefficient (Wildman–Crippen LogP) is 3.55. The highest BCUT2D eigenvalue weighted by atomic mass is 32.2. The van der Waals surface area contributed by atoms with Crippen LogP contribution in [0.4, 0.5) is 0 Å². The maximum atomic E-state index is 12.5. The third-order valence-electron chi connectivity index (χ3n) is 5.34. The highest BCUT2D eigenvalue weighted by molar-refractivity contribution is 7.89. The van der Waals surface area contributed by atoms with E-state index in [0.717, 1.165) is 17.3 Å². The third kappa shape index (κ3) is 5.30. The summed E-state index contributed by atoms with van der Waals surface area (Å²) in [4.78, 5) is 14.3. The van der Waals surface area contributed by atoms with Gasteiger partial charge in [-0.05, 0) is 41.7 Å². The van der Waals surface area contributed by atoms with Crippen LogP contribution in [0.15, 0.2) is 47.4 Å². The summed E-state index contributed by atoms with van der Waals surface area (Å²) < 4.78 is 27.6. The molecule has 0 unspecified atom stereocenters. The smallest absolute Gasteiger partial charge is 0.240 e. The van der Waals surface area contributed by atoms with Crippen molar-refractivity contribution in [1.82, 2.24) is 9.62 Å². The lowest BCUT2D eigenvalue weighted by molar-refractivity contribution is -0.130. The molecular formula is C21H28N2O3S. The lowest BCUT2D eigenvalue weighted by atomic mass is 9.89. The van der Waals surface area contributed by atoms with Gasteiger partial charge in [0.1, 0.15) is 0 Å². The third-order valence-corrected chi connectivity index (χ3v) is 6.80. The molecule has 0 atom stereocenters. The number of hydrogen-bond acceptors (Lipinski definition) is 3. The zero-order valence-electron chi connectivity index (χ0n) is 15.9. The van der Waals surface area contributed by atoms with Crippen molar-refractivity contribution >= 4 is 26.7 Å². The van der Waals surface area contributed by atoms with Crippen molar-refractivity contribution in [3.8, 4) is 0 Å². The minimum atomic E-state index is -3.62. The summed E-state index contributed by atoms with van der Waals surface area (Å²) in [5.41, 5.74) is 0. The number of nitrogens with zero attached hydrogens (tertiary/aromatic N) is 1. The molecule has 1 fully saturated rings. The second kappa shape index (κ2) is 8.85. The van der Waals surface area contributed by atoms with E-state index in [1.165, 1.54) is 32.1 Å². The van der Waals surface area contributed by atoms with Crippen LogP contribution >= 0.6 is 0 Å². The standard InChI is InChI=1S/C21H28N2O3S/c1-23(16-17-7-3-2-4-8-17)21(24)13-14-22-27(25,26)20-12-11-18-9-5-6-10-19(18)15-20/h5-6,9-12,15,17,22H,2-4,7-8,13-14,16H2,1H3. The number of rotatable bonds is 7.